The first-order chi connectivity index (χ1) is 18.0. The number of imide groups is 1. The van der Waals surface area contributed by atoms with Crippen molar-refractivity contribution in [1.82, 2.24) is 9.58 Å². The molecule has 0 unspecified atom stereocenters. The summed E-state index contributed by atoms with van der Waals surface area (Å²) in [6, 6.07) is 24.6. The smallest absolute Gasteiger partial charge is 0.254 e. The zero-order valence-electron chi connectivity index (χ0n) is 20.4. The molecule has 0 spiro atoms. The highest BCUT2D eigenvalue weighted by Gasteiger charge is 2.61. The summed E-state index contributed by atoms with van der Waals surface area (Å²) in [5.41, 5.74) is 8.04. The Labute approximate surface area is 213 Å². The van der Waals surface area contributed by atoms with Crippen LogP contribution in [0.5, 0.6) is 0 Å². The molecule has 5 nitrogen and oxygen atoms in total. The number of carbonyl (C=O) groups is 2. The number of aryl methyl sites for hydroxylation is 1. The lowest BCUT2D eigenvalue weighted by atomic mass is 9.55. The van der Waals surface area contributed by atoms with Crippen molar-refractivity contribution in [3.05, 3.63) is 124 Å². The molecule has 2 heterocycles. The van der Waals surface area contributed by atoms with Crippen LogP contribution in [0, 0.1) is 31.5 Å². The standard InChI is InChI=1S/C31H24FN3O2/c1-17-15-19(18(2)34(17)21-13-11-20(32)12-14-21)16-33-35-30(36)28-26-22-7-3-4-8-23(22)27(29(28)31(35)37)25-10-6-5-9-24(25)26/h3-16,26-29H,1-2H3/b33-16-/t26?,27?,28-,29+. The number of rotatable bonds is 3. The molecular weight excluding hydrogens is 465 g/mol. The van der Waals surface area contributed by atoms with E-state index in [1.54, 1.807) is 18.3 Å². The van der Waals surface area contributed by atoms with Crippen LogP contribution >= 0.6 is 0 Å². The fourth-order valence-electron chi connectivity index (χ4n) is 6.80. The van der Waals surface area contributed by atoms with Crippen LogP contribution in [0.1, 0.15) is 51.0 Å². The van der Waals surface area contributed by atoms with E-state index < -0.39 is 11.8 Å². The van der Waals surface area contributed by atoms with E-state index in [1.165, 1.54) is 12.1 Å². The number of amides is 2. The van der Waals surface area contributed by atoms with Gasteiger partial charge in [-0.2, -0.15) is 10.1 Å². The molecule has 4 aliphatic rings. The fraction of sp³-hybridized carbons (Fsp3) is 0.194. The summed E-state index contributed by atoms with van der Waals surface area (Å²) in [6.07, 6.45) is 1.59. The predicted octanol–water partition coefficient (Wildman–Crippen LogP) is 5.46. The van der Waals surface area contributed by atoms with E-state index in [0.717, 1.165) is 49.9 Å². The lowest BCUT2D eigenvalue weighted by Gasteiger charge is -2.45. The van der Waals surface area contributed by atoms with Crippen molar-refractivity contribution in [2.45, 2.75) is 25.7 Å². The van der Waals surface area contributed by atoms with E-state index in [4.69, 9.17) is 0 Å². The predicted molar refractivity (Wildman–Crippen MR) is 138 cm³/mol. The highest BCUT2D eigenvalue weighted by atomic mass is 19.1. The highest BCUT2D eigenvalue weighted by Crippen LogP contribution is 2.60. The molecule has 2 amide bonds. The Kier molecular flexibility index (Phi) is 4.64. The van der Waals surface area contributed by atoms with E-state index in [-0.39, 0.29) is 29.5 Å². The van der Waals surface area contributed by atoms with E-state index in [0.29, 0.717) is 0 Å². The zero-order chi connectivity index (χ0) is 25.4. The average molecular weight is 490 g/mol. The molecule has 2 bridgehead atoms. The molecule has 3 aliphatic carbocycles. The third-order valence-corrected chi connectivity index (χ3v) is 8.29. The molecule has 4 aromatic rings. The summed E-state index contributed by atoms with van der Waals surface area (Å²) in [6.45, 7) is 3.90. The first kappa shape index (κ1) is 21.9. The third-order valence-electron chi connectivity index (χ3n) is 8.29. The van der Waals surface area contributed by atoms with Crippen molar-refractivity contribution in [3.8, 4) is 5.69 Å². The normalized spacial score (nSPS) is 23.5. The van der Waals surface area contributed by atoms with Crippen molar-refractivity contribution >= 4 is 18.0 Å². The lowest BCUT2D eigenvalue weighted by molar-refractivity contribution is -0.139. The van der Waals surface area contributed by atoms with Gasteiger partial charge in [0.2, 0.25) is 0 Å². The summed E-state index contributed by atoms with van der Waals surface area (Å²) in [5.74, 6) is -1.98. The minimum Gasteiger partial charge on any atom is -0.318 e. The average Bonchev–Trinajstić information content (AvgIpc) is 3.34. The Bertz CT molecular complexity index is 1520. The van der Waals surface area contributed by atoms with Gasteiger partial charge in [-0.25, -0.2) is 4.39 Å². The highest BCUT2D eigenvalue weighted by molar-refractivity contribution is 6.08. The molecule has 1 saturated heterocycles. The maximum absolute atomic E-state index is 13.7. The van der Waals surface area contributed by atoms with Crippen LogP contribution in [-0.2, 0) is 9.59 Å². The van der Waals surface area contributed by atoms with Gasteiger partial charge in [0.15, 0.2) is 0 Å². The molecule has 3 aromatic carbocycles. The Morgan fingerprint density at radius 1 is 0.757 bits per heavy atom. The number of hydrogen-bond donors (Lipinski definition) is 0. The van der Waals surface area contributed by atoms with E-state index >= 15 is 0 Å². The van der Waals surface area contributed by atoms with Crippen LogP contribution < -0.4 is 0 Å². The Balaban J connectivity index is 1.26. The van der Waals surface area contributed by atoms with Crippen LogP contribution in [0.3, 0.4) is 0 Å². The van der Waals surface area contributed by atoms with E-state index in [1.807, 2.05) is 48.7 Å². The van der Waals surface area contributed by atoms with Gasteiger partial charge in [0.25, 0.3) is 11.8 Å². The summed E-state index contributed by atoms with van der Waals surface area (Å²) >= 11 is 0. The minimum atomic E-state index is -0.453. The van der Waals surface area contributed by atoms with Crippen LogP contribution in [-0.4, -0.2) is 27.6 Å². The molecule has 6 heteroatoms. The fourth-order valence-corrected chi connectivity index (χ4v) is 6.80. The van der Waals surface area contributed by atoms with Crippen molar-refractivity contribution in [3.63, 3.8) is 0 Å². The Morgan fingerprint density at radius 2 is 1.24 bits per heavy atom. The van der Waals surface area contributed by atoms with Crippen LogP contribution in [0.25, 0.3) is 5.69 Å². The third kappa shape index (κ3) is 2.99. The van der Waals surface area contributed by atoms with Crippen molar-refractivity contribution < 1.29 is 14.0 Å². The lowest BCUT2D eigenvalue weighted by Crippen LogP contribution is -2.41. The van der Waals surface area contributed by atoms with E-state index in [9.17, 15) is 14.0 Å². The van der Waals surface area contributed by atoms with Gasteiger partial charge in [0, 0.05) is 34.5 Å². The monoisotopic (exact) mass is 489 g/mol. The molecule has 182 valence electrons. The zero-order valence-corrected chi connectivity index (χ0v) is 20.4. The van der Waals surface area contributed by atoms with Crippen molar-refractivity contribution in [2.75, 3.05) is 0 Å². The van der Waals surface area contributed by atoms with Crippen LogP contribution in [0.15, 0.2) is 84.0 Å². The SMILES string of the molecule is Cc1cc(/C=N\N2C(=O)[C@@H]3C4c5ccccc5C(c5ccccc54)[C@@H]3C2=O)c(C)n1-c1ccc(F)cc1. The first-order valence-corrected chi connectivity index (χ1v) is 12.5. The summed E-state index contributed by atoms with van der Waals surface area (Å²) in [7, 11) is 0. The van der Waals surface area contributed by atoms with Gasteiger partial charge in [0.1, 0.15) is 5.82 Å². The van der Waals surface area contributed by atoms with Gasteiger partial charge >= 0.3 is 0 Å². The minimum absolute atomic E-state index is 0.150. The van der Waals surface area contributed by atoms with Gasteiger partial charge in [-0.15, -0.1) is 0 Å². The molecule has 0 saturated carbocycles. The molecule has 2 atom stereocenters. The second-order valence-electron chi connectivity index (χ2n) is 10.1. The summed E-state index contributed by atoms with van der Waals surface area (Å²) < 4.78 is 15.4. The molecular formula is C31H24FN3O2. The molecule has 37 heavy (non-hydrogen) atoms. The number of benzene rings is 3. The summed E-state index contributed by atoms with van der Waals surface area (Å²) in [4.78, 5) is 27.5. The number of carbonyl (C=O) groups excluding carboxylic acids is 2. The maximum atomic E-state index is 13.7. The molecule has 1 aromatic heterocycles. The summed E-state index contributed by atoms with van der Waals surface area (Å²) in [5, 5.41) is 5.56. The van der Waals surface area contributed by atoms with E-state index in [2.05, 4.69) is 29.4 Å². The second-order valence-corrected chi connectivity index (χ2v) is 10.1. The second kappa shape index (κ2) is 7.84. The van der Waals surface area contributed by atoms with Crippen LogP contribution in [0.4, 0.5) is 4.39 Å². The quantitative estimate of drug-likeness (QED) is 0.284. The van der Waals surface area contributed by atoms with Crippen molar-refractivity contribution in [1.29, 1.82) is 0 Å². The maximum Gasteiger partial charge on any atom is 0.254 e. The van der Waals surface area contributed by atoms with Gasteiger partial charge in [-0.1, -0.05) is 48.5 Å². The van der Waals surface area contributed by atoms with Gasteiger partial charge in [-0.3, -0.25) is 9.59 Å². The van der Waals surface area contributed by atoms with Crippen molar-refractivity contribution in [2.24, 2.45) is 16.9 Å². The Hall–Kier alpha value is -4.32. The van der Waals surface area contributed by atoms with Gasteiger partial charge < -0.3 is 4.57 Å². The molecule has 0 N–H and O–H groups in total. The number of nitrogens with zero attached hydrogens (tertiary/aromatic N) is 3. The number of halogens is 1. The van der Waals surface area contributed by atoms with Gasteiger partial charge in [0.05, 0.1) is 18.1 Å². The molecule has 8 rings (SSSR count). The largest absolute Gasteiger partial charge is 0.318 e. The number of hydrogen-bond acceptors (Lipinski definition) is 3. The molecule has 1 fully saturated rings. The number of aromatic nitrogens is 1. The molecule has 0 radical (unpaired) electrons. The first-order valence-electron chi connectivity index (χ1n) is 12.5. The Morgan fingerprint density at radius 3 is 1.73 bits per heavy atom. The van der Waals surface area contributed by atoms with Crippen LogP contribution in [0.2, 0.25) is 0 Å². The topological polar surface area (TPSA) is 54.7 Å². The van der Waals surface area contributed by atoms with Gasteiger partial charge in [-0.05, 0) is 66.4 Å². The molecule has 1 aliphatic heterocycles. The number of hydrazone groups is 1.